The lowest BCUT2D eigenvalue weighted by atomic mass is 9.90. The van der Waals surface area contributed by atoms with E-state index in [0.29, 0.717) is 167 Å². The summed E-state index contributed by atoms with van der Waals surface area (Å²) < 4.78 is 67.9. The summed E-state index contributed by atoms with van der Waals surface area (Å²) >= 11 is 0. The smallest absolute Gasteiger partial charge is 0.326 e. The van der Waals surface area contributed by atoms with Crippen molar-refractivity contribution in [2.75, 3.05) is 132 Å². The number of tetrazole rings is 1. The van der Waals surface area contributed by atoms with Gasteiger partial charge in [0.15, 0.2) is 5.82 Å². The number of nitrogens with two attached hydrogens (primary N) is 1. The van der Waals surface area contributed by atoms with Crippen molar-refractivity contribution in [1.82, 2.24) is 104 Å². The number of aliphatic hydroxyl groups excluding tert-OH is 3. The average Bonchev–Trinajstić information content (AvgIpc) is 0.953. The molecule has 3 aromatic heterocycles. The molecule has 50 nitrogen and oxygen atoms in total. The zero-order valence-corrected chi connectivity index (χ0v) is 85.5. The second-order valence-corrected chi connectivity index (χ2v) is 36.1. The van der Waals surface area contributed by atoms with Gasteiger partial charge < -0.3 is 142 Å². The van der Waals surface area contributed by atoms with Gasteiger partial charge in [0.25, 0.3) is 0 Å². The number of benzene rings is 4. The quantitative estimate of drug-likeness (QED) is 0.0151. The number of nitrogens with one attached hydrogen (secondary N) is 13. The SMILES string of the molecule is CCc1cc(OCCCCn2cc(COCCOCCOCCOCCOCCOCCOCCOCCNC(=O)CCC(N)C(=O)O)nn2)ccc1-c1ccc(C[C@H](NC(=O)[C@H](CC(=O)O)NC(=O)[C@H](CO)NC(=O)[C@@H](NC(=O)C(C)(Cc2ccccc2F)NC(=O)[C@@H](NC(=O)CNC(=O)[C@H](Cc2nn[nH]n2)NC(=O)C(C)(C)C(=O)NCCc2cnc[nH]2)[C@@H](C)O)[C@@H](C)O)C(=O)N[C@@H](CCCc2cc(C)cc(C)c2)C(=O)O)cc1. The molecule has 0 bridgehead atoms. The van der Waals surface area contributed by atoms with Crippen LogP contribution in [-0.4, -0.2) is 357 Å². The number of halogens is 1. The number of carboxylic acids is 3. The lowest BCUT2D eigenvalue weighted by molar-refractivity contribution is -0.143. The molecule has 0 aliphatic heterocycles. The van der Waals surface area contributed by atoms with Crippen LogP contribution in [0, 0.1) is 25.1 Å². The third-order valence-electron chi connectivity index (χ3n) is 23.3. The van der Waals surface area contributed by atoms with Gasteiger partial charge in [0.1, 0.15) is 76.5 Å². The molecule has 11 atom stereocenters. The van der Waals surface area contributed by atoms with Crippen LogP contribution in [0.3, 0.4) is 0 Å². The number of H-pyrrole nitrogens is 2. The minimum atomic E-state index is -2.43. The summed E-state index contributed by atoms with van der Waals surface area (Å²) in [6.45, 7) is 16.5. The predicted octanol–water partition coefficient (Wildman–Crippen LogP) is -1.57. The van der Waals surface area contributed by atoms with Crippen LogP contribution in [-0.2, 0) is 157 Å². The van der Waals surface area contributed by atoms with Gasteiger partial charge >= 0.3 is 17.9 Å². The van der Waals surface area contributed by atoms with Crippen LogP contribution < -0.4 is 69.0 Å². The van der Waals surface area contributed by atoms with E-state index in [2.05, 4.69) is 99.4 Å². The number of carbonyl (C=O) groups is 14. The summed E-state index contributed by atoms with van der Waals surface area (Å²) in [5.41, 5.74) is 8.14. The summed E-state index contributed by atoms with van der Waals surface area (Å²) in [5.74, 6) is -16.6. The number of carbonyl (C=O) groups excluding carboxylic acids is 11. The highest BCUT2D eigenvalue weighted by Gasteiger charge is 2.44. The first-order valence-electron chi connectivity index (χ1n) is 49.3. The van der Waals surface area contributed by atoms with E-state index >= 15 is 4.39 Å². The Morgan fingerprint density at radius 1 is 0.533 bits per heavy atom. The maximum Gasteiger partial charge on any atom is 0.326 e. The van der Waals surface area contributed by atoms with Gasteiger partial charge in [0.05, 0.1) is 157 Å². The number of rotatable bonds is 76. The van der Waals surface area contributed by atoms with Gasteiger partial charge in [-0.3, -0.25) is 67.0 Å². The highest BCUT2D eigenvalue weighted by Crippen LogP contribution is 2.30. The first-order chi connectivity index (χ1) is 71.7. The average molecular weight is 2110 g/mol. The number of carboxylic acid groups (broad SMARTS) is 3. The van der Waals surface area contributed by atoms with Gasteiger partial charge in [-0.2, -0.15) is 5.21 Å². The number of hydrogen-bond acceptors (Lipinski definition) is 33. The molecule has 0 spiro atoms. The van der Waals surface area contributed by atoms with Gasteiger partial charge in [0, 0.05) is 63.6 Å². The summed E-state index contributed by atoms with van der Waals surface area (Å²) in [4.78, 5) is 196. The van der Waals surface area contributed by atoms with E-state index in [9.17, 15) is 92.7 Å². The third kappa shape index (κ3) is 44.9. The Bertz CT molecular complexity index is 5390. The summed E-state index contributed by atoms with van der Waals surface area (Å²) in [5, 5.41) is 110. The Hall–Kier alpha value is -13.9. The fourth-order valence-corrected chi connectivity index (χ4v) is 14.9. The molecule has 0 radical (unpaired) electrons. The number of amides is 11. The molecule has 4 aromatic carbocycles. The number of unbranched alkanes of at least 4 members (excludes halogenated alkanes) is 1. The number of aromatic amines is 2. The highest BCUT2D eigenvalue weighted by atomic mass is 19.1. The van der Waals surface area contributed by atoms with Gasteiger partial charge in [-0.05, 0) is 145 Å². The van der Waals surface area contributed by atoms with E-state index in [-0.39, 0.29) is 62.7 Å². The van der Waals surface area contributed by atoms with Crippen molar-refractivity contribution in [1.29, 1.82) is 0 Å². The maximum absolute atomic E-state index is 15.6. The molecule has 824 valence electrons. The number of aliphatic hydroxyl groups is 3. The fraction of sp³-hybridized carbons (Fsp3) is 0.556. The monoisotopic (exact) mass is 2110 g/mol. The summed E-state index contributed by atoms with van der Waals surface area (Å²) in [7, 11) is 0. The van der Waals surface area contributed by atoms with Crippen molar-refractivity contribution in [3.8, 4) is 16.9 Å². The van der Waals surface area contributed by atoms with Gasteiger partial charge in [-0.1, -0.05) is 95.2 Å². The van der Waals surface area contributed by atoms with Crippen LogP contribution in [0.4, 0.5) is 4.39 Å². The van der Waals surface area contributed by atoms with Crippen LogP contribution in [0.1, 0.15) is 137 Å². The Morgan fingerprint density at radius 3 is 1.70 bits per heavy atom. The molecule has 51 heteroatoms. The van der Waals surface area contributed by atoms with Crippen LogP contribution in [0.5, 0.6) is 5.75 Å². The topological polar surface area (TPSA) is 716 Å². The number of nitrogens with zero attached hydrogens (tertiary/aromatic N) is 7. The summed E-state index contributed by atoms with van der Waals surface area (Å²) in [6, 6.07) is 9.15. The standard InChI is InChI=1S/C99H142FN21O29/c1-9-67-51-72(150-31-13-12-30-121-57-71(115-120-121)59-149-46-45-148-44-43-147-42-41-146-40-39-145-38-37-144-36-35-143-34-33-142-32-29-103-82(125)26-25-75(101)93(135)136)23-24-73(67)68-21-19-65(20-22-68)50-77(88(130)107-76(94(137)138)18-14-15-66-48-61(2)47-62(3)49-66)108-89(131)79(53-84(127)128)109-90(132)80(58-122)110-91(133)85(63(4)123)113-97(141)99(8,54-69-16-10-11-17-74(69)100)114-92(134)86(64(5)124)112-83(126)56-105-87(129)78(52-81-116-118-119-117-81)111-96(140)98(6,7)95(139)104-28-27-70-55-102-60-106-70/h10-11,16-17,19-24,47-49,51,55,57,60,63-64,75-80,85-86,122-124H,9,12-15,18,25-46,50,52-54,56,58-59,101H2,1-8H3,(H,102,106)(H,103,125)(H,104,139)(H,105,129)(H,107,130)(H,108,131)(H,109,132)(H,110,133)(H,111,140)(H,112,126)(H,113,141)(H,114,134)(H,127,128)(H,135,136)(H,137,138)(H,116,117,118,119)/t63-,64-,75?,76+,77+,78+,79+,80+,85+,86+,99?/m1/s1. The molecule has 0 aliphatic carbocycles. The normalized spacial score (nSPS) is 13.8. The molecule has 7 rings (SSSR count). The van der Waals surface area contributed by atoms with Crippen LogP contribution in [0.2, 0.25) is 0 Å². The zero-order valence-electron chi connectivity index (χ0n) is 85.5. The van der Waals surface area contributed by atoms with E-state index in [1.54, 1.807) is 35.1 Å². The van der Waals surface area contributed by atoms with Gasteiger partial charge in [-0.25, -0.2) is 14.2 Å². The third-order valence-corrected chi connectivity index (χ3v) is 23.3. The molecule has 7 aromatic rings. The Labute approximate surface area is 866 Å². The molecular formula is C99H142FN21O29. The second-order valence-electron chi connectivity index (χ2n) is 36.1. The van der Waals surface area contributed by atoms with E-state index in [1.807, 2.05) is 63.4 Å². The number of hydrogen-bond donors (Lipinski definition) is 20. The molecule has 3 heterocycles. The molecular weight excluding hydrogens is 1970 g/mol. The molecule has 0 saturated carbocycles. The molecule has 2 unspecified atom stereocenters. The van der Waals surface area contributed by atoms with Crippen LogP contribution in [0.25, 0.3) is 11.1 Å². The zero-order chi connectivity index (χ0) is 110. The number of aromatic nitrogens is 9. The van der Waals surface area contributed by atoms with E-state index in [1.165, 1.54) is 38.4 Å². The van der Waals surface area contributed by atoms with Crippen molar-refractivity contribution in [3.05, 3.63) is 160 Å². The Kier molecular flexibility index (Phi) is 54.0. The summed E-state index contributed by atoms with van der Waals surface area (Å²) in [6.07, 6.45) is 1.44. The number of ether oxygens (including phenoxy) is 9. The first-order valence-corrected chi connectivity index (χ1v) is 49.3. The van der Waals surface area contributed by atoms with Gasteiger partial charge in [0.2, 0.25) is 65.0 Å². The van der Waals surface area contributed by atoms with E-state index in [4.69, 9.17) is 53.5 Å². The number of imidazole rings is 1. The van der Waals surface area contributed by atoms with Crippen LogP contribution >= 0.6 is 0 Å². The fourth-order valence-electron chi connectivity index (χ4n) is 14.9. The van der Waals surface area contributed by atoms with Gasteiger partial charge in [-0.15, -0.1) is 15.3 Å². The molecule has 150 heavy (non-hydrogen) atoms. The second kappa shape index (κ2) is 65.9. The first kappa shape index (κ1) is 123. The maximum atomic E-state index is 15.6. The largest absolute Gasteiger partial charge is 0.494 e. The van der Waals surface area contributed by atoms with E-state index in [0.717, 1.165) is 66.6 Å². The highest BCUT2D eigenvalue weighted by molar-refractivity contribution is 6.06. The number of aliphatic carboxylic acids is 3. The molecule has 11 amide bonds. The van der Waals surface area contributed by atoms with Crippen molar-refractivity contribution in [3.63, 3.8) is 0 Å². The molecule has 21 N–H and O–H groups in total. The van der Waals surface area contributed by atoms with Crippen molar-refractivity contribution >= 4 is 82.9 Å². The van der Waals surface area contributed by atoms with Crippen LogP contribution in [0.15, 0.2) is 104 Å². The lowest BCUT2D eigenvalue weighted by Crippen LogP contribution is -2.67. The van der Waals surface area contributed by atoms with Crippen molar-refractivity contribution in [2.45, 2.75) is 218 Å². The lowest BCUT2D eigenvalue weighted by Gasteiger charge is -2.34. The Balaban J connectivity index is 0.885. The minimum Gasteiger partial charge on any atom is -0.494 e. The predicted molar refractivity (Wildman–Crippen MR) is 532 cm³/mol. The minimum absolute atomic E-state index is 0.0222. The molecule has 0 fully saturated rings. The number of aryl methyl sites for hydroxylation is 5. The molecule has 0 saturated heterocycles. The van der Waals surface area contributed by atoms with Crippen molar-refractivity contribution in [2.24, 2.45) is 11.1 Å². The molecule has 0 aliphatic rings. The Morgan fingerprint density at radius 2 is 1.12 bits per heavy atom. The van der Waals surface area contributed by atoms with E-state index < -0.39 is 187 Å². The van der Waals surface area contributed by atoms with Crippen molar-refractivity contribution < 1.29 is 145 Å².